The number of amides is 1. The Morgan fingerprint density at radius 1 is 1.24 bits per heavy atom. The van der Waals surface area contributed by atoms with Crippen molar-refractivity contribution < 1.29 is 13.6 Å². The smallest absolute Gasteiger partial charge is 0.251 e. The first kappa shape index (κ1) is 17.5. The Balaban J connectivity index is 1.84. The Labute approximate surface area is 145 Å². The maximum absolute atomic E-state index is 13.5. The third-order valence-electron chi connectivity index (χ3n) is 4.42. The van der Waals surface area contributed by atoms with Gasteiger partial charge in [0.1, 0.15) is 11.6 Å². The van der Waals surface area contributed by atoms with Gasteiger partial charge in [-0.15, -0.1) is 0 Å². The molecule has 25 heavy (non-hydrogen) atoms. The number of carbonyl (C=O) groups is 1. The molecule has 0 aliphatic carbocycles. The summed E-state index contributed by atoms with van der Waals surface area (Å²) in [4.78, 5) is 14.0. The Kier molecular flexibility index (Phi) is 5.40. The van der Waals surface area contributed by atoms with E-state index in [9.17, 15) is 13.6 Å². The van der Waals surface area contributed by atoms with Crippen LogP contribution in [0, 0.1) is 11.6 Å². The summed E-state index contributed by atoms with van der Waals surface area (Å²) < 4.78 is 26.9. The number of nitrogens with one attached hydrogen (secondary N) is 2. The Bertz CT molecular complexity index is 746. The molecule has 1 aliphatic rings. The summed E-state index contributed by atoms with van der Waals surface area (Å²) in [5.41, 5.74) is 2.21. The molecule has 0 bridgehead atoms. The fraction of sp³-hybridized carbons (Fsp3) is 0.316. The van der Waals surface area contributed by atoms with E-state index >= 15 is 0 Å². The van der Waals surface area contributed by atoms with E-state index in [0.29, 0.717) is 17.7 Å². The van der Waals surface area contributed by atoms with Gasteiger partial charge in [-0.3, -0.25) is 9.69 Å². The van der Waals surface area contributed by atoms with Gasteiger partial charge in [-0.2, -0.15) is 0 Å². The first-order valence-electron chi connectivity index (χ1n) is 8.28. The Morgan fingerprint density at radius 2 is 2.00 bits per heavy atom. The Hall–Kier alpha value is -2.31. The number of benzene rings is 2. The predicted octanol–water partition coefficient (Wildman–Crippen LogP) is 2.47. The first-order valence-corrected chi connectivity index (χ1v) is 8.28. The van der Waals surface area contributed by atoms with Gasteiger partial charge in [0.15, 0.2) is 0 Å². The molecule has 2 N–H and O–H groups in total. The molecule has 1 fully saturated rings. The van der Waals surface area contributed by atoms with Crippen molar-refractivity contribution in [3.63, 3.8) is 0 Å². The highest BCUT2D eigenvalue weighted by molar-refractivity contribution is 5.94. The molecule has 0 radical (unpaired) electrons. The molecule has 2 aromatic carbocycles. The molecule has 0 saturated carbocycles. The van der Waals surface area contributed by atoms with Crippen molar-refractivity contribution in [1.82, 2.24) is 15.5 Å². The normalized spacial score (nSPS) is 18.1. The zero-order valence-corrected chi connectivity index (χ0v) is 14.1. The average molecular weight is 345 g/mol. The van der Waals surface area contributed by atoms with E-state index in [1.54, 1.807) is 13.1 Å². The van der Waals surface area contributed by atoms with Crippen LogP contribution in [0.1, 0.15) is 27.5 Å². The van der Waals surface area contributed by atoms with E-state index in [0.717, 1.165) is 31.3 Å². The van der Waals surface area contributed by atoms with Crippen molar-refractivity contribution >= 4 is 5.91 Å². The molecule has 1 aliphatic heterocycles. The zero-order valence-electron chi connectivity index (χ0n) is 14.1. The van der Waals surface area contributed by atoms with Crippen molar-refractivity contribution in [2.45, 2.75) is 12.6 Å². The molecule has 0 unspecified atom stereocenters. The molecule has 2 aromatic rings. The Morgan fingerprint density at radius 3 is 2.72 bits per heavy atom. The summed E-state index contributed by atoms with van der Waals surface area (Å²) in [5.74, 6) is -1.27. The quantitative estimate of drug-likeness (QED) is 0.895. The van der Waals surface area contributed by atoms with Crippen molar-refractivity contribution in [3.8, 4) is 0 Å². The number of carbonyl (C=O) groups excluding carboxylic acids is 1. The van der Waals surface area contributed by atoms with Gasteiger partial charge in [0, 0.05) is 50.9 Å². The first-order chi connectivity index (χ1) is 12.1. The van der Waals surface area contributed by atoms with E-state index in [4.69, 9.17) is 0 Å². The summed E-state index contributed by atoms with van der Waals surface area (Å²) in [6.45, 7) is 2.73. The molecule has 1 heterocycles. The highest BCUT2D eigenvalue weighted by Crippen LogP contribution is 2.25. The highest BCUT2D eigenvalue weighted by atomic mass is 19.1. The van der Waals surface area contributed by atoms with Crippen molar-refractivity contribution in [2.24, 2.45) is 0 Å². The molecule has 1 saturated heterocycles. The van der Waals surface area contributed by atoms with Crippen LogP contribution in [-0.2, 0) is 6.54 Å². The van der Waals surface area contributed by atoms with Crippen LogP contribution in [0.5, 0.6) is 0 Å². The second kappa shape index (κ2) is 7.72. The molecule has 132 valence electrons. The lowest BCUT2D eigenvalue weighted by atomic mass is 9.99. The van der Waals surface area contributed by atoms with Gasteiger partial charge in [0.2, 0.25) is 0 Å². The van der Waals surface area contributed by atoms with Gasteiger partial charge < -0.3 is 10.6 Å². The minimum absolute atomic E-state index is 0.0321. The van der Waals surface area contributed by atoms with E-state index in [2.05, 4.69) is 15.5 Å². The number of hydrogen-bond acceptors (Lipinski definition) is 3. The SMILES string of the molecule is CNC(=O)c1cccc([C@H]2CNCCN2Cc2cc(F)cc(F)c2)c1. The number of nitrogens with zero attached hydrogens (tertiary/aromatic N) is 1. The van der Waals surface area contributed by atoms with Crippen molar-refractivity contribution in [2.75, 3.05) is 26.7 Å². The molecule has 1 atom stereocenters. The largest absolute Gasteiger partial charge is 0.355 e. The van der Waals surface area contributed by atoms with Crippen LogP contribution in [0.25, 0.3) is 0 Å². The van der Waals surface area contributed by atoms with Gasteiger partial charge in [-0.25, -0.2) is 8.78 Å². The van der Waals surface area contributed by atoms with E-state index in [-0.39, 0.29) is 11.9 Å². The molecule has 1 amide bonds. The van der Waals surface area contributed by atoms with Crippen LogP contribution in [0.3, 0.4) is 0 Å². The number of hydrogen-bond donors (Lipinski definition) is 2. The highest BCUT2D eigenvalue weighted by Gasteiger charge is 2.24. The van der Waals surface area contributed by atoms with Gasteiger partial charge in [0.05, 0.1) is 0 Å². The second-order valence-electron chi connectivity index (χ2n) is 6.17. The van der Waals surface area contributed by atoms with Crippen LogP contribution < -0.4 is 10.6 Å². The zero-order chi connectivity index (χ0) is 17.8. The fourth-order valence-electron chi connectivity index (χ4n) is 3.23. The van der Waals surface area contributed by atoms with E-state index in [1.807, 2.05) is 18.2 Å². The number of halogens is 2. The molecule has 6 heteroatoms. The summed E-state index contributed by atoms with van der Waals surface area (Å²) >= 11 is 0. The minimum Gasteiger partial charge on any atom is -0.355 e. The third-order valence-corrected chi connectivity index (χ3v) is 4.42. The molecule has 0 aromatic heterocycles. The molecule has 0 spiro atoms. The average Bonchev–Trinajstić information content (AvgIpc) is 2.61. The van der Waals surface area contributed by atoms with Crippen molar-refractivity contribution in [3.05, 3.63) is 70.8 Å². The molecular formula is C19H21F2N3O. The minimum atomic E-state index is -0.566. The second-order valence-corrected chi connectivity index (χ2v) is 6.17. The maximum atomic E-state index is 13.5. The lowest BCUT2D eigenvalue weighted by Crippen LogP contribution is -2.45. The molecule has 4 nitrogen and oxygen atoms in total. The predicted molar refractivity (Wildman–Crippen MR) is 92.2 cm³/mol. The van der Waals surface area contributed by atoms with Gasteiger partial charge >= 0.3 is 0 Å². The van der Waals surface area contributed by atoms with Gasteiger partial charge in [0.25, 0.3) is 5.91 Å². The molecular weight excluding hydrogens is 324 g/mol. The van der Waals surface area contributed by atoms with E-state index < -0.39 is 11.6 Å². The number of piperazine rings is 1. The van der Waals surface area contributed by atoms with Crippen LogP contribution in [0.4, 0.5) is 8.78 Å². The fourth-order valence-corrected chi connectivity index (χ4v) is 3.23. The third kappa shape index (κ3) is 4.21. The standard InChI is InChI=1S/C19H21F2N3O/c1-22-19(25)15-4-2-3-14(9-15)18-11-23-5-6-24(18)12-13-7-16(20)10-17(21)8-13/h2-4,7-10,18,23H,5-6,11-12H2,1H3,(H,22,25)/t18-/m1/s1. The van der Waals surface area contributed by atoms with E-state index in [1.165, 1.54) is 12.1 Å². The summed E-state index contributed by atoms with van der Waals surface area (Å²) in [6, 6.07) is 11.1. The summed E-state index contributed by atoms with van der Waals surface area (Å²) in [5, 5.41) is 5.97. The number of rotatable bonds is 4. The van der Waals surface area contributed by atoms with Crippen LogP contribution in [0.2, 0.25) is 0 Å². The van der Waals surface area contributed by atoms with Crippen LogP contribution >= 0.6 is 0 Å². The monoisotopic (exact) mass is 345 g/mol. The lowest BCUT2D eigenvalue weighted by molar-refractivity contribution is 0.0962. The summed E-state index contributed by atoms with van der Waals surface area (Å²) in [7, 11) is 1.60. The van der Waals surface area contributed by atoms with Gasteiger partial charge in [-0.05, 0) is 35.4 Å². The summed E-state index contributed by atoms with van der Waals surface area (Å²) in [6.07, 6.45) is 0. The lowest BCUT2D eigenvalue weighted by Gasteiger charge is -2.36. The maximum Gasteiger partial charge on any atom is 0.251 e. The topological polar surface area (TPSA) is 44.4 Å². The van der Waals surface area contributed by atoms with Gasteiger partial charge in [-0.1, -0.05) is 12.1 Å². The molecule has 3 rings (SSSR count). The van der Waals surface area contributed by atoms with Crippen LogP contribution in [0.15, 0.2) is 42.5 Å². The van der Waals surface area contributed by atoms with Crippen molar-refractivity contribution in [1.29, 1.82) is 0 Å². The van der Waals surface area contributed by atoms with Crippen LogP contribution in [-0.4, -0.2) is 37.5 Å².